The summed E-state index contributed by atoms with van der Waals surface area (Å²) >= 11 is 0. The van der Waals surface area contributed by atoms with Gasteiger partial charge in [-0.15, -0.1) is 0 Å². The monoisotopic (exact) mass is 309 g/mol. The van der Waals surface area contributed by atoms with E-state index >= 15 is 0 Å². The van der Waals surface area contributed by atoms with Gasteiger partial charge in [0.1, 0.15) is 0 Å². The fraction of sp³-hybridized carbons (Fsp3) is 0.455. The highest BCUT2D eigenvalue weighted by Crippen LogP contribution is 2.29. The standard InChI is InChI=1S/C11H17F2N3O3S/c1-7-9(16(2-3-17)6-11(12)13)4-8(14)5-10(7)20(15,18)19/h4-5,11,17H,2-3,6,14H2,1H3,(H2,15,18,19). The average molecular weight is 309 g/mol. The minimum atomic E-state index is -4.01. The highest BCUT2D eigenvalue weighted by Gasteiger charge is 2.20. The van der Waals surface area contributed by atoms with E-state index in [4.69, 9.17) is 16.0 Å². The van der Waals surface area contributed by atoms with Crippen molar-refractivity contribution in [2.75, 3.05) is 30.3 Å². The molecule has 1 aromatic rings. The number of alkyl halides is 2. The molecule has 0 aromatic heterocycles. The topological polar surface area (TPSA) is 110 Å². The molecule has 0 heterocycles. The first-order valence-corrected chi connectivity index (χ1v) is 7.28. The maximum atomic E-state index is 12.6. The lowest BCUT2D eigenvalue weighted by atomic mass is 10.1. The van der Waals surface area contributed by atoms with Gasteiger partial charge in [0.2, 0.25) is 10.0 Å². The summed E-state index contributed by atoms with van der Waals surface area (Å²) in [5.41, 5.74) is 6.11. The number of benzene rings is 1. The van der Waals surface area contributed by atoms with Gasteiger partial charge in [-0.1, -0.05) is 0 Å². The number of hydrogen-bond donors (Lipinski definition) is 3. The Morgan fingerprint density at radius 1 is 1.40 bits per heavy atom. The van der Waals surface area contributed by atoms with Crippen LogP contribution in [-0.4, -0.2) is 39.6 Å². The highest BCUT2D eigenvalue weighted by atomic mass is 32.2. The molecule has 0 amide bonds. The van der Waals surface area contributed by atoms with Crippen molar-refractivity contribution in [3.05, 3.63) is 17.7 Å². The van der Waals surface area contributed by atoms with Crippen LogP contribution in [0.15, 0.2) is 17.0 Å². The lowest BCUT2D eigenvalue weighted by Crippen LogP contribution is -2.32. The van der Waals surface area contributed by atoms with Crippen molar-refractivity contribution in [3.8, 4) is 0 Å². The van der Waals surface area contributed by atoms with Gasteiger partial charge in [0.15, 0.2) is 0 Å². The van der Waals surface area contributed by atoms with Crippen LogP contribution < -0.4 is 15.8 Å². The number of aliphatic hydroxyl groups excluding tert-OH is 1. The van der Waals surface area contributed by atoms with E-state index in [2.05, 4.69) is 0 Å². The number of primary sulfonamides is 1. The van der Waals surface area contributed by atoms with E-state index in [9.17, 15) is 17.2 Å². The van der Waals surface area contributed by atoms with Crippen LogP contribution in [-0.2, 0) is 10.0 Å². The quantitative estimate of drug-likeness (QED) is 0.654. The Labute approximate surface area is 116 Å². The number of halogens is 2. The maximum Gasteiger partial charge on any atom is 0.255 e. The van der Waals surface area contributed by atoms with Gasteiger partial charge in [-0.2, -0.15) is 0 Å². The van der Waals surface area contributed by atoms with Gasteiger partial charge in [0.25, 0.3) is 6.43 Å². The Morgan fingerprint density at radius 3 is 2.45 bits per heavy atom. The summed E-state index contributed by atoms with van der Waals surface area (Å²) in [5, 5.41) is 14.0. The molecule has 0 saturated carbocycles. The summed E-state index contributed by atoms with van der Waals surface area (Å²) in [6, 6.07) is 2.55. The van der Waals surface area contributed by atoms with Crippen molar-refractivity contribution < 1.29 is 22.3 Å². The van der Waals surface area contributed by atoms with Gasteiger partial charge in [-0.25, -0.2) is 22.3 Å². The zero-order valence-electron chi connectivity index (χ0n) is 10.9. The predicted molar refractivity (Wildman–Crippen MR) is 72.3 cm³/mol. The minimum absolute atomic E-state index is 0.0707. The van der Waals surface area contributed by atoms with Crippen molar-refractivity contribution in [1.82, 2.24) is 0 Å². The van der Waals surface area contributed by atoms with Crippen molar-refractivity contribution in [1.29, 1.82) is 0 Å². The van der Waals surface area contributed by atoms with Crippen LogP contribution in [0.3, 0.4) is 0 Å². The second-order valence-electron chi connectivity index (χ2n) is 4.27. The van der Waals surface area contributed by atoms with Crippen molar-refractivity contribution in [3.63, 3.8) is 0 Å². The maximum absolute atomic E-state index is 12.6. The fourth-order valence-corrected chi connectivity index (χ4v) is 2.75. The van der Waals surface area contributed by atoms with E-state index in [0.29, 0.717) is 0 Å². The molecule has 0 bridgehead atoms. The number of nitrogens with zero attached hydrogens (tertiary/aromatic N) is 1. The predicted octanol–water partition coefficient (Wildman–Crippen LogP) is 0.288. The lowest BCUT2D eigenvalue weighted by Gasteiger charge is -2.26. The smallest absolute Gasteiger partial charge is 0.255 e. The number of nitrogen functional groups attached to an aromatic ring is 1. The average Bonchev–Trinajstić information content (AvgIpc) is 2.29. The Balaban J connectivity index is 3.38. The molecule has 0 fully saturated rings. The van der Waals surface area contributed by atoms with Crippen LogP contribution >= 0.6 is 0 Å². The van der Waals surface area contributed by atoms with Gasteiger partial charge in [-0.05, 0) is 24.6 Å². The van der Waals surface area contributed by atoms with Crippen molar-refractivity contribution in [2.45, 2.75) is 18.2 Å². The molecule has 114 valence electrons. The van der Waals surface area contributed by atoms with Crippen LogP contribution in [0.2, 0.25) is 0 Å². The summed E-state index contributed by atoms with van der Waals surface area (Å²) in [5.74, 6) is 0. The van der Waals surface area contributed by atoms with Crippen LogP contribution in [0, 0.1) is 6.92 Å². The number of aliphatic hydroxyl groups is 1. The molecular weight excluding hydrogens is 292 g/mol. The number of anilines is 2. The molecule has 1 rings (SSSR count). The third kappa shape index (κ3) is 4.02. The summed E-state index contributed by atoms with van der Waals surface area (Å²) < 4.78 is 48.1. The molecule has 0 unspecified atom stereocenters. The molecule has 1 aromatic carbocycles. The van der Waals surface area contributed by atoms with E-state index in [1.807, 2.05) is 0 Å². The normalized spacial score (nSPS) is 11.9. The molecule has 9 heteroatoms. The van der Waals surface area contributed by atoms with Gasteiger partial charge in [0, 0.05) is 17.9 Å². The van der Waals surface area contributed by atoms with Crippen LogP contribution in [0.25, 0.3) is 0 Å². The second kappa shape index (κ2) is 6.33. The van der Waals surface area contributed by atoms with Gasteiger partial charge >= 0.3 is 0 Å². The van der Waals surface area contributed by atoms with Crippen LogP contribution in [0.4, 0.5) is 20.2 Å². The van der Waals surface area contributed by atoms with Gasteiger partial charge < -0.3 is 15.7 Å². The molecule has 0 spiro atoms. The SMILES string of the molecule is Cc1c(N(CCO)CC(F)F)cc(N)cc1S(N)(=O)=O. The van der Waals surface area contributed by atoms with Gasteiger partial charge in [0.05, 0.1) is 18.0 Å². The third-order valence-electron chi connectivity index (χ3n) is 2.73. The zero-order valence-corrected chi connectivity index (χ0v) is 11.7. The third-order valence-corrected chi connectivity index (χ3v) is 3.77. The molecule has 0 aliphatic carbocycles. The molecule has 0 radical (unpaired) electrons. The number of rotatable bonds is 6. The molecule has 0 aliphatic heterocycles. The van der Waals surface area contributed by atoms with E-state index in [1.165, 1.54) is 24.0 Å². The Hall–Kier alpha value is -1.45. The highest BCUT2D eigenvalue weighted by molar-refractivity contribution is 7.89. The van der Waals surface area contributed by atoms with Gasteiger partial charge in [-0.3, -0.25) is 0 Å². The molecule has 0 saturated heterocycles. The van der Waals surface area contributed by atoms with Crippen molar-refractivity contribution in [2.24, 2.45) is 5.14 Å². The summed E-state index contributed by atoms with van der Waals surface area (Å²) in [4.78, 5) is 0.954. The first-order chi connectivity index (χ1) is 9.16. The largest absolute Gasteiger partial charge is 0.399 e. The zero-order chi connectivity index (χ0) is 15.5. The lowest BCUT2D eigenvalue weighted by molar-refractivity contribution is 0.152. The minimum Gasteiger partial charge on any atom is -0.399 e. The summed E-state index contributed by atoms with van der Waals surface area (Å²) in [6.07, 6.45) is -2.64. The molecule has 20 heavy (non-hydrogen) atoms. The first kappa shape index (κ1) is 16.6. The molecule has 0 aliphatic rings. The molecule has 5 N–H and O–H groups in total. The summed E-state index contributed by atoms with van der Waals surface area (Å²) in [7, 11) is -4.01. The first-order valence-electron chi connectivity index (χ1n) is 5.73. The number of nitrogens with two attached hydrogens (primary N) is 2. The van der Waals surface area contributed by atoms with Crippen LogP contribution in [0.5, 0.6) is 0 Å². The fourth-order valence-electron chi connectivity index (χ4n) is 1.92. The van der Waals surface area contributed by atoms with E-state index in [-0.39, 0.29) is 35.0 Å². The molecular formula is C11H17F2N3O3S. The summed E-state index contributed by atoms with van der Waals surface area (Å²) in [6.45, 7) is 0.379. The second-order valence-corrected chi connectivity index (χ2v) is 5.80. The Bertz CT molecular complexity index is 579. The Kier molecular flexibility index (Phi) is 5.26. The van der Waals surface area contributed by atoms with E-state index in [0.717, 1.165) is 0 Å². The molecule has 6 nitrogen and oxygen atoms in total. The van der Waals surface area contributed by atoms with E-state index < -0.39 is 23.0 Å². The number of hydrogen-bond acceptors (Lipinski definition) is 5. The number of sulfonamides is 1. The Morgan fingerprint density at radius 2 is 2.00 bits per heavy atom. The van der Waals surface area contributed by atoms with Crippen molar-refractivity contribution >= 4 is 21.4 Å². The molecule has 0 atom stereocenters. The van der Waals surface area contributed by atoms with E-state index in [1.54, 1.807) is 0 Å². The van der Waals surface area contributed by atoms with Crippen LogP contribution in [0.1, 0.15) is 5.56 Å².